The zero-order chi connectivity index (χ0) is 11.9. The number of fused-ring (bicyclic) bond motifs is 1. The summed E-state index contributed by atoms with van der Waals surface area (Å²) < 4.78 is 0. The van der Waals surface area contributed by atoms with E-state index in [2.05, 4.69) is 4.98 Å². The van der Waals surface area contributed by atoms with Crippen molar-refractivity contribution in [2.24, 2.45) is 5.41 Å². The van der Waals surface area contributed by atoms with Gasteiger partial charge in [-0.3, -0.25) is 4.79 Å². The van der Waals surface area contributed by atoms with Gasteiger partial charge in [0, 0.05) is 28.1 Å². The molecule has 0 saturated heterocycles. The summed E-state index contributed by atoms with van der Waals surface area (Å²) in [6.45, 7) is 5.74. The van der Waals surface area contributed by atoms with Gasteiger partial charge in [-0.05, 0) is 18.2 Å². The molecule has 84 valence electrons. The quantitative estimate of drug-likeness (QED) is 0.744. The molecule has 0 saturated carbocycles. The van der Waals surface area contributed by atoms with Gasteiger partial charge in [0.1, 0.15) is 0 Å². The van der Waals surface area contributed by atoms with E-state index in [-0.39, 0.29) is 11.2 Å². The van der Waals surface area contributed by atoms with Gasteiger partial charge in [0.25, 0.3) is 0 Å². The monoisotopic (exact) mass is 235 g/mol. The first kappa shape index (κ1) is 11.2. The molecule has 0 fully saturated rings. The zero-order valence-corrected chi connectivity index (χ0v) is 10.4. The van der Waals surface area contributed by atoms with Gasteiger partial charge in [-0.15, -0.1) is 0 Å². The number of rotatable bonds is 1. The molecule has 1 N–H and O–H groups in total. The van der Waals surface area contributed by atoms with Crippen molar-refractivity contribution in [1.29, 1.82) is 0 Å². The maximum absolute atomic E-state index is 12.1. The van der Waals surface area contributed by atoms with E-state index in [0.29, 0.717) is 10.6 Å². The average Bonchev–Trinajstić information content (AvgIpc) is 2.58. The van der Waals surface area contributed by atoms with Crippen LogP contribution in [0.5, 0.6) is 0 Å². The molecule has 0 aliphatic carbocycles. The number of aromatic amines is 1. The fourth-order valence-corrected chi connectivity index (χ4v) is 1.87. The highest BCUT2D eigenvalue weighted by atomic mass is 35.5. The molecule has 0 bridgehead atoms. The fourth-order valence-electron chi connectivity index (χ4n) is 1.66. The first-order chi connectivity index (χ1) is 7.39. The van der Waals surface area contributed by atoms with Crippen LogP contribution in [-0.4, -0.2) is 10.8 Å². The first-order valence-electron chi connectivity index (χ1n) is 5.21. The van der Waals surface area contributed by atoms with E-state index < -0.39 is 0 Å². The van der Waals surface area contributed by atoms with Crippen molar-refractivity contribution in [3.8, 4) is 0 Å². The van der Waals surface area contributed by atoms with E-state index in [1.807, 2.05) is 39.0 Å². The normalized spacial score (nSPS) is 12.0. The van der Waals surface area contributed by atoms with E-state index >= 15 is 0 Å². The minimum absolute atomic E-state index is 0.131. The standard InChI is InChI=1S/C13H14ClNO/c1-13(2,3)12(16)8-4-5-11-9(6-8)10(14)7-15-11/h4-7,15H,1-3H3. The maximum Gasteiger partial charge on any atom is 0.168 e. The van der Waals surface area contributed by atoms with Crippen LogP contribution < -0.4 is 0 Å². The lowest BCUT2D eigenvalue weighted by molar-refractivity contribution is 0.0858. The Kier molecular flexibility index (Phi) is 2.55. The van der Waals surface area contributed by atoms with Gasteiger partial charge in [-0.1, -0.05) is 32.4 Å². The van der Waals surface area contributed by atoms with Crippen LogP contribution in [0.4, 0.5) is 0 Å². The van der Waals surface area contributed by atoms with Crippen molar-refractivity contribution >= 4 is 28.3 Å². The molecule has 0 amide bonds. The van der Waals surface area contributed by atoms with Crippen LogP contribution in [0, 0.1) is 5.41 Å². The van der Waals surface area contributed by atoms with Crippen molar-refractivity contribution < 1.29 is 4.79 Å². The number of aromatic nitrogens is 1. The SMILES string of the molecule is CC(C)(C)C(=O)c1ccc2[nH]cc(Cl)c2c1. The van der Waals surface area contributed by atoms with Gasteiger partial charge in [0.2, 0.25) is 0 Å². The van der Waals surface area contributed by atoms with Gasteiger partial charge in [-0.25, -0.2) is 0 Å². The van der Waals surface area contributed by atoms with E-state index in [0.717, 1.165) is 10.9 Å². The highest BCUT2D eigenvalue weighted by Gasteiger charge is 2.23. The van der Waals surface area contributed by atoms with Gasteiger partial charge in [0.05, 0.1) is 5.02 Å². The molecule has 2 aromatic rings. The van der Waals surface area contributed by atoms with Crippen molar-refractivity contribution in [3.63, 3.8) is 0 Å². The summed E-state index contributed by atoms with van der Waals surface area (Å²) in [5.74, 6) is 0.131. The number of ketones is 1. The van der Waals surface area contributed by atoms with Crippen LogP contribution in [-0.2, 0) is 0 Å². The largest absolute Gasteiger partial charge is 0.360 e. The summed E-state index contributed by atoms with van der Waals surface area (Å²) in [6, 6.07) is 5.57. The summed E-state index contributed by atoms with van der Waals surface area (Å²) in [4.78, 5) is 15.1. The Bertz CT molecular complexity index is 549. The molecule has 3 heteroatoms. The Morgan fingerprint density at radius 1 is 1.31 bits per heavy atom. The molecule has 1 aromatic heterocycles. The summed E-state index contributed by atoms with van der Waals surface area (Å²) in [5.41, 5.74) is 1.30. The number of hydrogen-bond acceptors (Lipinski definition) is 1. The summed E-state index contributed by atoms with van der Waals surface area (Å²) >= 11 is 6.02. The van der Waals surface area contributed by atoms with Gasteiger partial charge in [-0.2, -0.15) is 0 Å². The molecule has 0 atom stereocenters. The molecule has 0 aliphatic rings. The zero-order valence-electron chi connectivity index (χ0n) is 9.60. The Balaban J connectivity index is 2.55. The number of hydrogen-bond donors (Lipinski definition) is 1. The predicted octanol–water partition coefficient (Wildman–Crippen LogP) is 4.05. The summed E-state index contributed by atoms with van der Waals surface area (Å²) in [6.07, 6.45) is 1.73. The maximum atomic E-state index is 12.1. The molecule has 0 aliphatic heterocycles. The molecule has 16 heavy (non-hydrogen) atoms. The number of H-pyrrole nitrogens is 1. The van der Waals surface area contributed by atoms with Crippen LogP contribution in [0.1, 0.15) is 31.1 Å². The van der Waals surface area contributed by atoms with Crippen molar-refractivity contribution in [2.75, 3.05) is 0 Å². The number of benzene rings is 1. The van der Waals surface area contributed by atoms with E-state index in [1.54, 1.807) is 6.20 Å². The van der Waals surface area contributed by atoms with Crippen LogP contribution >= 0.6 is 11.6 Å². The third-order valence-corrected chi connectivity index (χ3v) is 2.89. The Hall–Kier alpha value is -1.28. The van der Waals surface area contributed by atoms with Gasteiger partial charge in [0.15, 0.2) is 5.78 Å². The molecular weight excluding hydrogens is 222 g/mol. The number of nitrogens with one attached hydrogen (secondary N) is 1. The fraction of sp³-hybridized carbons (Fsp3) is 0.308. The smallest absolute Gasteiger partial charge is 0.168 e. The number of halogens is 1. The third-order valence-electron chi connectivity index (χ3n) is 2.57. The Labute approximate surface area is 99.6 Å². The predicted molar refractivity (Wildman–Crippen MR) is 67.1 cm³/mol. The second-order valence-corrected chi connectivity index (χ2v) is 5.38. The molecule has 2 rings (SSSR count). The third kappa shape index (κ3) is 1.85. The number of carbonyl (C=O) groups is 1. The summed E-state index contributed by atoms with van der Waals surface area (Å²) in [7, 11) is 0. The van der Waals surface area contributed by atoms with Crippen LogP contribution in [0.2, 0.25) is 5.02 Å². The molecule has 0 unspecified atom stereocenters. The lowest BCUT2D eigenvalue weighted by atomic mass is 9.86. The lowest BCUT2D eigenvalue weighted by Gasteiger charge is -2.16. The highest BCUT2D eigenvalue weighted by Crippen LogP contribution is 2.27. The van der Waals surface area contributed by atoms with Crippen LogP contribution in [0.15, 0.2) is 24.4 Å². The molecule has 2 nitrogen and oxygen atoms in total. The van der Waals surface area contributed by atoms with Gasteiger partial charge < -0.3 is 4.98 Å². The average molecular weight is 236 g/mol. The first-order valence-corrected chi connectivity index (χ1v) is 5.59. The molecule has 0 spiro atoms. The molecule has 1 heterocycles. The molecule has 1 aromatic carbocycles. The van der Waals surface area contributed by atoms with Crippen LogP contribution in [0.3, 0.4) is 0 Å². The Morgan fingerprint density at radius 3 is 2.62 bits per heavy atom. The van der Waals surface area contributed by atoms with E-state index in [1.165, 1.54) is 0 Å². The minimum atomic E-state index is -0.365. The second kappa shape index (κ2) is 3.63. The lowest BCUT2D eigenvalue weighted by Crippen LogP contribution is -2.19. The van der Waals surface area contributed by atoms with Crippen LogP contribution in [0.25, 0.3) is 10.9 Å². The molecule has 0 radical (unpaired) electrons. The van der Waals surface area contributed by atoms with E-state index in [4.69, 9.17) is 11.6 Å². The second-order valence-electron chi connectivity index (χ2n) is 4.98. The molecular formula is C13H14ClNO. The van der Waals surface area contributed by atoms with Gasteiger partial charge >= 0.3 is 0 Å². The number of carbonyl (C=O) groups excluding carboxylic acids is 1. The number of Topliss-reactive ketones (excluding diaryl/α,β-unsaturated/α-hetero) is 1. The highest BCUT2D eigenvalue weighted by molar-refractivity contribution is 6.35. The van der Waals surface area contributed by atoms with E-state index in [9.17, 15) is 4.79 Å². The van der Waals surface area contributed by atoms with Crippen molar-refractivity contribution in [2.45, 2.75) is 20.8 Å². The minimum Gasteiger partial charge on any atom is -0.360 e. The topological polar surface area (TPSA) is 32.9 Å². The Morgan fingerprint density at radius 2 is 2.00 bits per heavy atom. The van der Waals surface area contributed by atoms with Crippen molar-refractivity contribution in [1.82, 2.24) is 4.98 Å². The van der Waals surface area contributed by atoms with Crippen molar-refractivity contribution in [3.05, 3.63) is 35.0 Å². The summed E-state index contributed by atoms with van der Waals surface area (Å²) in [5, 5.41) is 1.55.